The van der Waals surface area contributed by atoms with Gasteiger partial charge in [-0.3, -0.25) is 9.13 Å². The Hall–Kier alpha value is -2.63. The fraction of sp³-hybridized carbons (Fsp3) is 0.143. The van der Waals surface area contributed by atoms with Gasteiger partial charge in [-0.1, -0.05) is 6.07 Å². The number of anilines is 1. The monoisotopic (exact) mass is 272 g/mol. The van der Waals surface area contributed by atoms with E-state index >= 15 is 0 Å². The van der Waals surface area contributed by atoms with Crippen LogP contribution >= 0.6 is 0 Å². The highest BCUT2D eigenvalue weighted by molar-refractivity contribution is 5.82. The number of nitrogens with zero attached hydrogens (tertiary/aromatic N) is 3. The second-order valence-corrected chi connectivity index (χ2v) is 4.70. The highest BCUT2D eigenvalue weighted by Crippen LogP contribution is 2.24. The summed E-state index contributed by atoms with van der Waals surface area (Å²) in [5, 5.41) is 0. The largest absolute Gasteiger partial charge is 0.381 e. The average molecular weight is 272 g/mol. The van der Waals surface area contributed by atoms with Gasteiger partial charge in [0.1, 0.15) is 0 Å². The minimum atomic E-state index is -0.551. The lowest BCUT2D eigenvalue weighted by Crippen LogP contribution is -2.19. The van der Waals surface area contributed by atoms with Crippen molar-refractivity contribution in [3.05, 3.63) is 46.8 Å². The van der Waals surface area contributed by atoms with E-state index in [1.165, 1.54) is 12.3 Å². The molecule has 1 aromatic carbocycles. The van der Waals surface area contributed by atoms with Gasteiger partial charge in [0, 0.05) is 25.9 Å². The molecule has 5 nitrogen and oxygen atoms in total. The molecule has 0 aliphatic heterocycles. The predicted molar refractivity (Wildman–Crippen MR) is 75.8 cm³/mol. The van der Waals surface area contributed by atoms with Gasteiger partial charge in [0.2, 0.25) is 0 Å². The number of nitrogens with two attached hydrogens (primary N) is 1. The number of hydrogen-bond donors (Lipinski definition) is 1. The SMILES string of the molecule is Cn1c(=O)n(C)c2cc(-c3cnc(N)c(F)c3)ccc21. The summed E-state index contributed by atoms with van der Waals surface area (Å²) in [6.07, 6.45) is 1.51. The standard InChI is InChI=1S/C14H13FN4O/c1-18-11-4-3-8(6-12(11)19(2)14(18)20)9-5-10(15)13(16)17-7-9/h3-7H,1-2H3,(H2,16,17). The van der Waals surface area contributed by atoms with E-state index in [2.05, 4.69) is 4.98 Å². The van der Waals surface area contributed by atoms with Crippen molar-refractivity contribution in [1.82, 2.24) is 14.1 Å². The molecule has 0 unspecified atom stereocenters. The highest BCUT2D eigenvalue weighted by Gasteiger charge is 2.10. The van der Waals surface area contributed by atoms with Crippen LogP contribution in [0.25, 0.3) is 22.2 Å². The van der Waals surface area contributed by atoms with E-state index in [1.54, 1.807) is 23.2 Å². The van der Waals surface area contributed by atoms with Crippen molar-refractivity contribution in [3.8, 4) is 11.1 Å². The van der Waals surface area contributed by atoms with Gasteiger partial charge in [-0.2, -0.15) is 0 Å². The number of aromatic nitrogens is 3. The van der Waals surface area contributed by atoms with Crippen LogP contribution in [0, 0.1) is 5.82 Å². The Balaban J connectivity index is 2.25. The second-order valence-electron chi connectivity index (χ2n) is 4.70. The lowest BCUT2D eigenvalue weighted by atomic mass is 10.1. The van der Waals surface area contributed by atoms with E-state index in [0.29, 0.717) is 5.56 Å². The van der Waals surface area contributed by atoms with Gasteiger partial charge < -0.3 is 5.73 Å². The maximum absolute atomic E-state index is 13.5. The molecule has 20 heavy (non-hydrogen) atoms. The minimum Gasteiger partial charge on any atom is -0.381 e. The molecule has 0 atom stereocenters. The quantitative estimate of drug-likeness (QED) is 0.732. The van der Waals surface area contributed by atoms with E-state index in [1.807, 2.05) is 18.2 Å². The molecular weight excluding hydrogens is 259 g/mol. The Bertz CT molecular complexity index is 879. The zero-order chi connectivity index (χ0) is 14.4. The maximum Gasteiger partial charge on any atom is 0.328 e. The molecule has 6 heteroatoms. The maximum atomic E-state index is 13.5. The first kappa shape index (κ1) is 12.4. The van der Waals surface area contributed by atoms with Gasteiger partial charge in [-0.25, -0.2) is 14.2 Å². The molecule has 3 aromatic rings. The molecule has 0 fully saturated rings. The molecule has 2 aromatic heterocycles. The molecule has 102 valence electrons. The highest BCUT2D eigenvalue weighted by atomic mass is 19.1. The minimum absolute atomic E-state index is 0.0984. The zero-order valence-corrected chi connectivity index (χ0v) is 11.1. The number of rotatable bonds is 1. The van der Waals surface area contributed by atoms with Crippen LogP contribution in [0.15, 0.2) is 35.3 Å². The van der Waals surface area contributed by atoms with E-state index in [-0.39, 0.29) is 11.5 Å². The number of pyridine rings is 1. The lowest BCUT2D eigenvalue weighted by molar-refractivity contribution is 0.628. The Morgan fingerprint density at radius 1 is 1.10 bits per heavy atom. The van der Waals surface area contributed by atoms with Crippen molar-refractivity contribution < 1.29 is 4.39 Å². The average Bonchev–Trinajstić information content (AvgIpc) is 2.66. The van der Waals surface area contributed by atoms with E-state index in [0.717, 1.165) is 16.6 Å². The first-order valence-corrected chi connectivity index (χ1v) is 6.06. The molecule has 0 spiro atoms. The summed E-state index contributed by atoms with van der Waals surface area (Å²) in [4.78, 5) is 15.7. The number of fused-ring (bicyclic) bond motifs is 1. The zero-order valence-electron chi connectivity index (χ0n) is 11.1. The van der Waals surface area contributed by atoms with Crippen molar-refractivity contribution in [2.24, 2.45) is 14.1 Å². The fourth-order valence-electron chi connectivity index (χ4n) is 2.29. The van der Waals surface area contributed by atoms with Gasteiger partial charge >= 0.3 is 5.69 Å². The number of hydrogen-bond acceptors (Lipinski definition) is 3. The summed E-state index contributed by atoms with van der Waals surface area (Å²) in [6, 6.07) is 6.84. The van der Waals surface area contributed by atoms with Crippen LogP contribution < -0.4 is 11.4 Å². The summed E-state index contributed by atoms with van der Waals surface area (Å²) < 4.78 is 16.6. The Morgan fingerprint density at radius 2 is 1.80 bits per heavy atom. The molecule has 0 aliphatic rings. The van der Waals surface area contributed by atoms with Crippen molar-refractivity contribution >= 4 is 16.9 Å². The van der Waals surface area contributed by atoms with E-state index in [4.69, 9.17) is 5.73 Å². The van der Waals surface area contributed by atoms with E-state index in [9.17, 15) is 9.18 Å². The molecule has 0 saturated carbocycles. The van der Waals surface area contributed by atoms with E-state index < -0.39 is 5.82 Å². The molecule has 0 aliphatic carbocycles. The summed E-state index contributed by atoms with van der Waals surface area (Å²) >= 11 is 0. The molecule has 2 N–H and O–H groups in total. The smallest absolute Gasteiger partial charge is 0.328 e. The van der Waals surface area contributed by atoms with Crippen LogP contribution in [0.2, 0.25) is 0 Å². The molecule has 0 saturated heterocycles. The Kier molecular flexibility index (Phi) is 2.60. The topological polar surface area (TPSA) is 65.8 Å². The second kappa shape index (κ2) is 4.19. The summed E-state index contributed by atoms with van der Waals surface area (Å²) in [6.45, 7) is 0. The first-order valence-electron chi connectivity index (χ1n) is 6.06. The van der Waals surface area contributed by atoms with Crippen LogP contribution in [0.4, 0.5) is 10.2 Å². The predicted octanol–water partition coefficient (Wildman–Crippen LogP) is 1.66. The van der Waals surface area contributed by atoms with Gasteiger partial charge in [0.15, 0.2) is 11.6 Å². The molecule has 0 radical (unpaired) electrons. The number of imidazole rings is 1. The third-order valence-electron chi connectivity index (χ3n) is 3.47. The van der Waals surface area contributed by atoms with Crippen LogP contribution in [0.5, 0.6) is 0 Å². The van der Waals surface area contributed by atoms with Crippen LogP contribution in [-0.4, -0.2) is 14.1 Å². The third-order valence-corrected chi connectivity index (χ3v) is 3.47. The molecule has 0 amide bonds. The van der Waals surface area contributed by atoms with Crippen molar-refractivity contribution in [2.45, 2.75) is 0 Å². The van der Waals surface area contributed by atoms with Gasteiger partial charge in [0.05, 0.1) is 11.0 Å². The van der Waals surface area contributed by atoms with Crippen molar-refractivity contribution in [2.75, 3.05) is 5.73 Å². The normalized spacial score (nSPS) is 11.2. The van der Waals surface area contributed by atoms with Crippen molar-refractivity contribution in [1.29, 1.82) is 0 Å². The van der Waals surface area contributed by atoms with Gasteiger partial charge in [0.25, 0.3) is 0 Å². The van der Waals surface area contributed by atoms with Crippen LogP contribution in [0.1, 0.15) is 0 Å². The van der Waals surface area contributed by atoms with Crippen LogP contribution in [0.3, 0.4) is 0 Å². The molecular formula is C14H13FN4O. The third kappa shape index (κ3) is 1.69. The summed E-state index contributed by atoms with van der Waals surface area (Å²) in [5.41, 5.74) is 8.28. The lowest BCUT2D eigenvalue weighted by Gasteiger charge is -2.04. The van der Waals surface area contributed by atoms with Crippen LogP contribution in [-0.2, 0) is 14.1 Å². The Labute approximate surface area is 114 Å². The Morgan fingerprint density at radius 3 is 2.50 bits per heavy atom. The van der Waals surface area contributed by atoms with Gasteiger partial charge in [-0.15, -0.1) is 0 Å². The summed E-state index contributed by atoms with van der Waals surface area (Å²) in [7, 11) is 3.42. The number of nitrogen functional groups attached to an aromatic ring is 1. The summed E-state index contributed by atoms with van der Waals surface area (Å²) in [5.74, 6) is -0.675. The van der Waals surface area contributed by atoms with Crippen molar-refractivity contribution in [3.63, 3.8) is 0 Å². The molecule has 0 bridgehead atoms. The molecule has 3 rings (SSSR count). The number of benzene rings is 1. The molecule has 2 heterocycles. The first-order chi connectivity index (χ1) is 9.49. The number of halogens is 1. The number of aryl methyl sites for hydroxylation is 2. The fourth-order valence-corrected chi connectivity index (χ4v) is 2.29. The van der Waals surface area contributed by atoms with Gasteiger partial charge in [-0.05, 0) is 23.8 Å².